The fourth-order valence-electron chi connectivity index (χ4n) is 5.25. The monoisotopic (exact) mass is 564 g/mol. The summed E-state index contributed by atoms with van der Waals surface area (Å²) in [4.78, 5) is 46.3. The molecule has 41 heavy (non-hydrogen) atoms. The maximum absolute atomic E-state index is 13.9. The number of anilines is 1. The number of ether oxygens (including phenoxy) is 1. The number of carbonyl (C=O) groups is 3. The van der Waals surface area contributed by atoms with Crippen molar-refractivity contribution < 1.29 is 32.3 Å². The summed E-state index contributed by atoms with van der Waals surface area (Å²) in [5.41, 5.74) is 8.09. The number of para-hydroxylation sites is 1. The topological polar surface area (TPSA) is 114 Å². The third-order valence-corrected chi connectivity index (χ3v) is 7.13. The number of nitrogens with one attached hydrogen (secondary N) is 1. The fourth-order valence-corrected chi connectivity index (χ4v) is 5.25. The van der Waals surface area contributed by atoms with Crippen LogP contribution in [-0.2, 0) is 14.4 Å². The van der Waals surface area contributed by atoms with E-state index in [0.717, 1.165) is 0 Å². The third-order valence-electron chi connectivity index (χ3n) is 7.13. The number of amides is 3. The van der Waals surface area contributed by atoms with Crippen molar-refractivity contribution in [2.24, 2.45) is 16.6 Å². The fraction of sp³-hybridized carbons (Fsp3) is 0.267. The number of aliphatic imine (C=N–C) groups is 1. The molecule has 3 amide bonds. The molecule has 3 N–H and O–H groups in total. The molecule has 0 fully saturated rings. The maximum Gasteiger partial charge on any atom is 0.389 e. The van der Waals surface area contributed by atoms with E-state index in [1.165, 1.54) is 17.0 Å². The number of nitrogens with two attached hydrogens (primary N) is 1. The molecule has 3 atom stereocenters. The Morgan fingerprint density at radius 1 is 1.02 bits per heavy atom. The molecule has 0 spiro atoms. The number of primary amides is 1. The molecule has 0 radical (unpaired) electrons. The number of hydrogen-bond donors (Lipinski definition) is 2. The third kappa shape index (κ3) is 5.93. The van der Waals surface area contributed by atoms with Gasteiger partial charge in [0.05, 0.1) is 29.8 Å². The van der Waals surface area contributed by atoms with Crippen LogP contribution in [0.25, 0.3) is 0 Å². The molecule has 3 aromatic rings. The second-order valence-electron chi connectivity index (χ2n) is 9.80. The Bertz CT molecular complexity index is 1480. The number of hydrogen-bond acceptors (Lipinski definition) is 5. The summed E-state index contributed by atoms with van der Waals surface area (Å²) in [6.45, 7) is 0.418. The largest absolute Gasteiger partial charge is 0.490 e. The lowest BCUT2D eigenvalue weighted by Gasteiger charge is -2.31. The zero-order chi connectivity index (χ0) is 29.1. The van der Waals surface area contributed by atoms with Crippen LogP contribution in [0, 0.1) is 5.92 Å². The van der Waals surface area contributed by atoms with Gasteiger partial charge in [0.15, 0.2) is 0 Å². The Hall–Kier alpha value is -4.67. The first-order valence-electron chi connectivity index (χ1n) is 13.1. The van der Waals surface area contributed by atoms with Gasteiger partial charge in [0.2, 0.25) is 18.0 Å². The number of alkyl halides is 3. The van der Waals surface area contributed by atoms with Crippen molar-refractivity contribution in [2.75, 3.05) is 18.1 Å². The normalized spacial score (nSPS) is 17.8. The molecule has 2 aliphatic heterocycles. The second kappa shape index (κ2) is 11.4. The Kier molecular flexibility index (Phi) is 7.78. The number of halogens is 3. The molecule has 11 heteroatoms. The van der Waals surface area contributed by atoms with Crippen LogP contribution in [0.1, 0.15) is 35.4 Å². The zero-order valence-corrected chi connectivity index (χ0v) is 21.8. The molecule has 0 aromatic heterocycles. The highest BCUT2D eigenvalue weighted by Gasteiger charge is 2.41. The first kappa shape index (κ1) is 27.9. The smallest absolute Gasteiger partial charge is 0.389 e. The van der Waals surface area contributed by atoms with E-state index < -0.39 is 54.7 Å². The molecule has 212 valence electrons. The van der Waals surface area contributed by atoms with E-state index in [2.05, 4.69) is 10.3 Å². The zero-order valence-electron chi connectivity index (χ0n) is 21.8. The summed E-state index contributed by atoms with van der Waals surface area (Å²) in [5.74, 6) is -4.81. The van der Waals surface area contributed by atoms with Gasteiger partial charge in [0.25, 0.3) is 5.91 Å². The van der Waals surface area contributed by atoms with Gasteiger partial charge in [-0.2, -0.15) is 13.2 Å². The average Bonchev–Trinajstić information content (AvgIpc) is 3.07. The van der Waals surface area contributed by atoms with Crippen LogP contribution in [0.4, 0.5) is 18.9 Å². The maximum atomic E-state index is 13.9. The number of rotatable bonds is 8. The molecule has 0 unspecified atom stereocenters. The molecule has 2 heterocycles. The summed E-state index contributed by atoms with van der Waals surface area (Å²) in [6, 6.07) is 22.3. The van der Waals surface area contributed by atoms with E-state index in [-0.39, 0.29) is 13.2 Å². The summed E-state index contributed by atoms with van der Waals surface area (Å²) in [5, 5.41) is 2.63. The van der Waals surface area contributed by atoms with E-state index in [4.69, 9.17) is 10.5 Å². The molecule has 2 aliphatic rings. The number of nitrogens with zero attached hydrogens (tertiary/aromatic N) is 2. The molecule has 5 rings (SSSR count). The minimum absolute atomic E-state index is 0.199. The highest BCUT2D eigenvalue weighted by Crippen LogP contribution is 2.39. The van der Waals surface area contributed by atoms with Crippen LogP contribution in [0.5, 0.6) is 5.75 Å². The van der Waals surface area contributed by atoms with Gasteiger partial charge in [-0.1, -0.05) is 72.8 Å². The molecule has 0 saturated carbocycles. The van der Waals surface area contributed by atoms with Gasteiger partial charge in [-0.25, -0.2) is 4.99 Å². The highest BCUT2D eigenvalue weighted by molar-refractivity contribution is 6.21. The standard InChI is InChI=1S/C30H27F3N4O4/c31-30(32,33)15-14-20(26(34)38)23(18-8-3-1-4-9-18)28(39)36-27-29(40)37-16-17-41-22-13-7-12-21(25(22)37)24(35-27)19-10-5-2-6-11-19/h1-13,20,23,27H,14-17H2,(H2,34,38)(H,36,39)/t20-,23+,27-/m1/s1. The van der Waals surface area contributed by atoms with Crippen LogP contribution < -0.4 is 20.7 Å². The van der Waals surface area contributed by atoms with Gasteiger partial charge in [-0.05, 0) is 18.1 Å². The Balaban J connectivity index is 1.56. The van der Waals surface area contributed by atoms with Crippen LogP contribution in [-0.4, -0.2) is 48.9 Å². The SMILES string of the molecule is NC(=O)[C@H](CCC(F)(F)F)[C@@H](C(=O)N[C@H]1N=C(c2ccccc2)c2cccc3c2N(CCO3)C1=O)c1ccccc1. The van der Waals surface area contributed by atoms with E-state index in [9.17, 15) is 27.6 Å². The van der Waals surface area contributed by atoms with Crippen molar-refractivity contribution in [3.05, 3.63) is 95.6 Å². The van der Waals surface area contributed by atoms with Crippen LogP contribution >= 0.6 is 0 Å². The lowest BCUT2D eigenvalue weighted by molar-refractivity contribution is -0.143. The van der Waals surface area contributed by atoms with Crippen LogP contribution in [0.2, 0.25) is 0 Å². The summed E-state index contributed by atoms with van der Waals surface area (Å²) in [6.07, 6.45) is -7.99. The first-order chi connectivity index (χ1) is 19.6. The van der Waals surface area contributed by atoms with Gasteiger partial charge in [-0.3, -0.25) is 14.4 Å². The van der Waals surface area contributed by atoms with Gasteiger partial charge in [0, 0.05) is 17.5 Å². The summed E-state index contributed by atoms with van der Waals surface area (Å²) in [7, 11) is 0. The molecule has 0 aliphatic carbocycles. The predicted molar refractivity (Wildman–Crippen MR) is 145 cm³/mol. The van der Waals surface area contributed by atoms with E-state index in [1.807, 2.05) is 30.3 Å². The Morgan fingerprint density at radius 3 is 2.37 bits per heavy atom. The molecular formula is C30H27F3N4O4. The number of benzene rings is 3. The van der Waals surface area contributed by atoms with Gasteiger partial charge in [-0.15, -0.1) is 0 Å². The second-order valence-corrected chi connectivity index (χ2v) is 9.80. The van der Waals surface area contributed by atoms with Gasteiger partial charge < -0.3 is 20.7 Å². The van der Waals surface area contributed by atoms with E-state index in [0.29, 0.717) is 33.8 Å². The lowest BCUT2D eigenvalue weighted by atomic mass is 9.81. The van der Waals surface area contributed by atoms with Crippen molar-refractivity contribution in [3.8, 4) is 5.75 Å². The molecule has 8 nitrogen and oxygen atoms in total. The quantitative estimate of drug-likeness (QED) is 0.432. The minimum atomic E-state index is -4.56. The van der Waals surface area contributed by atoms with Crippen molar-refractivity contribution in [1.29, 1.82) is 0 Å². The Morgan fingerprint density at radius 2 is 1.71 bits per heavy atom. The van der Waals surface area contributed by atoms with E-state index >= 15 is 0 Å². The van der Waals surface area contributed by atoms with E-state index in [1.54, 1.807) is 36.4 Å². The van der Waals surface area contributed by atoms with Crippen LogP contribution in [0.3, 0.4) is 0 Å². The number of carbonyl (C=O) groups excluding carboxylic acids is 3. The van der Waals surface area contributed by atoms with Crippen molar-refractivity contribution in [2.45, 2.75) is 31.1 Å². The molecule has 0 bridgehead atoms. The molecule has 0 saturated heterocycles. The van der Waals surface area contributed by atoms with Crippen molar-refractivity contribution in [1.82, 2.24) is 5.32 Å². The predicted octanol–water partition coefficient (Wildman–Crippen LogP) is 3.93. The summed E-state index contributed by atoms with van der Waals surface area (Å²) < 4.78 is 45.2. The highest BCUT2D eigenvalue weighted by atomic mass is 19.4. The van der Waals surface area contributed by atoms with Crippen molar-refractivity contribution >= 4 is 29.1 Å². The lowest BCUT2D eigenvalue weighted by Crippen LogP contribution is -2.51. The van der Waals surface area contributed by atoms with Crippen LogP contribution in [0.15, 0.2) is 83.9 Å². The van der Waals surface area contributed by atoms with Gasteiger partial charge >= 0.3 is 6.18 Å². The summed E-state index contributed by atoms with van der Waals surface area (Å²) >= 11 is 0. The minimum Gasteiger partial charge on any atom is -0.490 e. The Labute approximate surface area is 234 Å². The molecular weight excluding hydrogens is 537 g/mol. The average molecular weight is 565 g/mol. The van der Waals surface area contributed by atoms with Crippen molar-refractivity contribution in [3.63, 3.8) is 0 Å². The molecule has 3 aromatic carbocycles. The first-order valence-corrected chi connectivity index (χ1v) is 13.1. The van der Waals surface area contributed by atoms with Gasteiger partial charge in [0.1, 0.15) is 12.4 Å².